The summed E-state index contributed by atoms with van der Waals surface area (Å²) in [5.41, 5.74) is 2.31. The molecule has 1 fully saturated rings. The molecular formula is C23H22Cl2N2O. The predicted molar refractivity (Wildman–Crippen MR) is 116 cm³/mol. The van der Waals surface area contributed by atoms with Crippen molar-refractivity contribution in [3.8, 4) is 11.5 Å². The van der Waals surface area contributed by atoms with Gasteiger partial charge in [0.05, 0.1) is 16.1 Å². The SMILES string of the molecule is Clc1ccc(C(c2cccc(Oc3ccccc3)c2)N2CCNCC2)cc1Cl. The van der Waals surface area contributed by atoms with Gasteiger partial charge in [0.25, 0.3) is 0 Å². The number of nitrogens with zero attached hydrogens (tertiary/aromatic N) is 1. The Hall–Kier alpha value is -2.04. The van der Waals surface area contributed by atoms with Gasteiger partial charge in [0.15, 0.2) is 0 Å². The fourth-order valence-corrected chi connectivity index (χ4v) is 3.92. The van der Waals surface area contributed by atoms with Crippen molar-refractivity contribution in [2.75, 3.05) is 26.2 Å². The lowest BCUT2D eigenvalue weighted by Gasteiger charge is -2.35. The van der Waals surface area contributed by atoms with Gasteiger partial charge < -0.3 is 10.1 Å². The van der Waals surface area contributed by atoms with E-state index in [1.54, 1.807) is 0 Å². The Bertz CT molecular complexity index is 927. The summed E-state index contributed by atoms with van der Waals surface area (Å²) in [6.07, 6.45) is 0. The first-order valence-corrected chi connectivity index (χ1v) is 10.2. The Balaban J connectivity index is 1.69. The summed E-state index contributed by atoms with van der Waals surface area (Å²) in [5.74, 6) is 1.65. The van der Waals surface area contributed by atoms with Gasteiger partial charge in [-0.2, -0.15) is 0 Å². The summed E-state index contributed by atoms with van der Waals surface area (Å²) in [7, 11) is 0. The Morgan fingerprint density at radius 2 is 1.46 bits per heavy atom. The predicted octanol–water partition coefficient (Wildman–Crippen LogP) is 5.78. The van der Waals surface area contributed by atoms with E-state index in [1.165, 1.54) is 5.56 Å². The van der Waals surface area contributed by atoms with Gasteiger partial charge in [-0.1, -0.05) is 59.6 Å². The minimum atomic E-state index is 0.0937. The average molecular weight is 413 g/mol. The maximum atomic E-state index is 6.34. The van der Waals surface area contributed by atoms with Crippen LogP contribution in [0.1, 0.15) is 17.2 Å². The van der Waals surface area contributed by atoms with Gasteiger partial charge in [0, 0.05) is 26.2 Å². The van der Waals surface area contributed by atoms with E-state index in [0.717, 1.165) is 43.2 Å². The highest BCUT2D eigenvalue weighted by Gasteiger charge is 2.25. The van der Waals surface area contributed by atoms with Crippen molar-refractivity contribution in [2.24, 2.45) is 0 Å². The molecule has 3 aromatic carbocycles. The lowest BCUT2D eigenvalue weighted by Crippen LogP contribution is -2.45. The molecule has 28 heavy (non-hydrogen) atoms. The quantitative estimate of drug-likeness (QED) is 0.574. The molecule has 0 aliphatic carbocycles. The van der Waals surface area contributed by atoms with E-state index >= 15 is 0 Å². The fourth-order valence-electron chi connectivity index (χ4n) is 3.61. The first-order valence-electron chi connectivity index (χ1n) is 9.43. The molecule has 0 spiro atoms. The van der Waals surface area contributed by atoms with Gasteiger partial charge in [-0.15, -0.1) is 0 Å². The standard InChI is InChI=1S/C23H22Cl2N2O/c24-21-10-9-18(16-22(21)25)23(27-13-11-26-12-14-27)17-5-4-8-20(15-17)28-19-6-2-1-3-7-19/h1-10,15-16,23,26H,11-14H2. The highest BCUT2D eigenvalue weighted by molar-refractivity contribution is 6.42. The Labute approximate surface area is 175 Å². The van der Waals surface area contributed by atoms with Crippen LogP contribution in [0.2, 0.25) is 10.0 Å². The number of nitrogens with one attached hydrogen (secondary N) is 1. The molecule has 1 saturated heterocycles. The van der Waals surface area contributed by atoms with Gasteiger partial charge in [-0.05, 0) is 47.5 Å². The van der Waals surface area contributed by atoms with E-state index in [1.807, 2.05) is 54.6 Å². The third-order valence-corrected chi connectivity index (χ3v) is 5.67. The topological polar surface area (TPSA) is 24.5 Å². The molecule has 0 saturated carbocycles. The number of hydrogen-bond acceptors (Lipinski definition) is 3. The molecule has 3 aromatic rings. The number of hydrogen-bond donors (Lipinski definition) is 1. The van der Waals surface area contributed by atoms with Crippen molar-refractivity contribution in [3.05, 3.63) is 94.0 Å². The third-order valence-electron chi connectivity index (χ3n) is 4.93. The Kier molecular flexibility index (Phi) is 6.18. The molecule has 5 heteroatoms. The van der Waals surface area contributed by atoms with Crippen LogP contribution in [0.3, 0.4) is 0 Å². The van der Waals surface area contributed by atoms with E-state index in [2.05, 4.69) is 28.4 Å². The minimum Gasteiger partial charge on any atom is -0.457 e. The second-order valence-corrected chi connectivity index (χ2v) is 7.66. The fraction of sp³-hybridized carbons (Fsp3) is 0.217. The molecule has 1 atom stereocenters. The monoisotopic (exact) mass is 412 g/mol. The summed E-state index contributed by atoms with van der Waals surface area (Å²) in [6.45, 7) is 3.87. The summed E-state index contributed by atoms with van der Waals surface area (Å²) in [4.78, 5) is 2.47. The highest BCUT2D eigenvalue weighted by Crippen LogP contribution is 2.35. The lowest BCUT2D eigenvalue weighted by atomic mass is 9.96. The van der Waals surface area contributed by atoms with Crippen molar-refractivity contribution in [3.63, 3.8) is 0 Å². The molecule has 1 aliphatic heterocycles. The van der Waals surface area contributed by atoms with Crippen LogP contribution in [0.25, 0.3) is 0 Å². The largest absolute Gasteiger partial charge is 0.457 e. The molecule has 1 unspecified atom stereocenters. The highest BCUT2D eigenvalue weighted by atomic mass is 35.5. The maximum Gasteiger partial charge on any atom is 0.127 e. The van der Waals surface area contributed by atoms with E-state index in [-0.39, 0.29) is 6.04 Å². The molecule has 1 heterocycles. The number of rotatable bonds is 5. The zero-order valence-electron chi connectivity index (χ0n) is 15.4. The minimum absolute atomic E-state index is 0.0937. The van der Waals surface area contributed by atoms with Gasteiger partial charge in [-0.3, -0.25) is 4.90 Å². The second-order valence-electron chi connectivity index (χ2n) is 6.85. The van der Waals surface area contributed by atoms with Crippen LogP contribution >= 0.6 is 23.2 Å². The zero-order valence-corrected chi connectivity index (χ0v) is 17.0. The van der Waals surface area contributed by atoms with Gasteiger partial charge >= 0.3 is 0 Å². The van der Waals surface area contributed by atoms with Crippen LogP contribution in [0, 0.1) is 0 Å². The van der Waals surface area contributed by atoms with Crippen molar-refractivity contribution < 1.29 is 4.74 Å². The molecule has 3 nitrogen and oxygen atoms in total. The maximum absolute atomic E-state index is 6.34. The summed E-state index contributed by atoms with van der Waals surface area (Å²) in [5, 5.41) is 4.58. The number of piperazine rings is 1. The molecule has 1 N–H and O–H groups in total. The van der Waals surface area contributed by atoms with Crippen LogP contribution < -0.4 is 10.1 Å². The van der Waals surface area contributed by atoms with Gasteiger partial charge in [0.2, 0.25) is 0 Å². The van der Waals surface area contributed by atoms with Crippen molar-refractivity contribution in [1.82, 2.24) is 10.2 Å². The lowest BCUT2D eigenvalue weighted by molar-refractivity contribution is 0.198. The number of benzene rings is 3. The number of halogens is 2. The van der Waals surface area contributed by atoms with Crippen molar-refractivity contribution >= 4 is 23.2 Å². The normalized spacial score (nSPS) is 15.9. The first-order chi connectivity index (χ1) is 13.7. The number of ether oxygens (including phenoxy) is 1. The molecule has 4 rings (SSSR count). The van der Waals surface area contributed by atoms with Crippen LogP contribution in [-0.4, -0.2) is 31.1 Å². The molecule has 0 aromatic heterocycles. The smallest absolute Gasteiger partial charge is 0.127 e. The van der Waals surface area contributed by atoms with Crippen molar-refractivity contribution in [1.29, 1.82) is 0 Å². The van der Waals surface area contributed by atoms with Gasteiger partial charge in [-0.25, -0.2) is 0 Å². The van der Waals surface area contributed by atoms with Crippen LogP contribution in [0.4, 0.5) is 0 Å². The molecule has 0 amide bonds. The molecule has 1 aliphatic rings. The Morgan fingerprint density at radius 3 is 2.21 bits per heavy atom. The summed E-state index contributed by atoms with van der Waals surface area (Å²) in [6, 6.07) is 24.1. The second kappa shape index (κ2) is 8.97. The summed E-state index contributed by atoms with van der Waals surface area (Å²) >= 11 is 12.5. The molecule has 0 radical (unpaired) electrons. The first kappa shape index (κ1) is 19.3. The third kappa shape index (κ3) is 4.50. The zero-order chi connectivity index (χ0) is 19.3. The molecular weight excluding hydrogens is 391 g/mol. The average Bonchev–Trinajstić information content (AvgIpc) is 2.73. The van der Waals surface area contributed by atoms with Crippen LogP contribution in [0.15, 0.2) is 72.8 Å². The van der Waals surface area contributed by atoms with Crippen molar-refractivity contribution in [2.45, 2.75) is 6.04 Å². The molecule has 144 valence electrons. The molecule has 0 bridgehead atoms. The van der Waals surface area contributed by atoms with E-state index < -0.39 is 0 Å². The van der Waals surface area contributed by atoms with E-state index in [0.29, 0.717) is 10.0 Å². The van der Waals surface area contributed by atoms with Crippen LogP contribution in [-0.2, 0) is 0 Å². The van der Waals surface area contributed by atoms with E-state index in [4.69, 9.17) is 27.9 Å². The van der Waals surface area contributed by atoms with E-state index in [9.17, 15) is 0 Å². The Morgan fingerprint density at radius 1 is 0.750 bits per heavy atom. The summed E-state index contributed by atoms with van der Waals surface area (Å²) < 4.78 is 6.06. The van der Waals surface area contributed by atoms with Gasteiger partial charge in [0.1, 0.15) is 11.5 Å². The van der Waals surface area contributed by atoms with Crippen LogP contribution in [0.5, 0.6) is 11.5 Å². The number of para-hydroxylation sites is 1.